The van der Waals surface area contributed by atoms with Crippen molar-refractivity contribution in [3.8, 4) is 0 Å². The smallest absolute Gasteiger partial charge is 0.218 e. The van der Waals surface area contributed by atoms with E-state index in [1.807, 2.05) is 13.8 Å². The van der Waals surface area contributed by atoms with Gasteiger partial charge in [-0.15, -0.1) is 0 Å². The standard InChI is InChI=1S/C14H23FN2O2S/c1-11(2)16-9-12(3)20(18,19)17(4)10-13-7-5-6-8-14(13)15/h5-8,11-12,16H,9-10H2,1-4H3. The topological polar surface area (TPSA) is 49.4 Å². The lowest BCUT2D eigenvalue weighted by Gasteiger charge is -2.23. The van der Waals surface area contributed by atoms with Crippen LogP contribution in [0.5, 0.6) is 0 Å². The Morgan fingerprint density at radius 3 is 2.40 bits per heavy atom. The predicted molar refractivity (Wildman–Crippen MR) is 79.4 cm³/mol. The fourth-order valence-corrected chi connectivity index (χ4v) is 3.01. The van der Waals surface area contributed by atoms with Crippen LogP contribution in [-0.4, -0.2) is 37.6 Å². The minimum absolute atomic E-state index is 0.0427. The minimum Gasteiger partial charge on any atom is -0.313 e. The summed E-state index contributed by atoms with van der Waals surface area (Å²) in [5, 5.41) is 2.55. The Morgan fingerprint density at radius 1 is 1.25 bits per heavy atom. The third kappa shape index (κ3) is 4.54. The molecule has 0 aliphatic carbocycles. The lowest BCUT2D eigenvalue weighted by Crippen LogP contribution is -2.41. The first-order valence-corrected chi connectivity index (χ1v) is 8.17. The summed E-state index contributed by atoms with van der Waals surface area (Å²) in [4.78, 5) is 0. The van der Waals surface area contributed by atoms with Gasteiger partial charge in [0.25, 0.3) is 0 Å². The van der Waals surface area contributed by atoms with Crippen molar-refractivity contribution in [3.63, 3.8) is 0 Å². The average Bonchev–Trinajstić information content (AvgIpc) is 2.38. The molecule has 1 unspecified atom stereocenters. The quantitative estimate of drug-likeness (QED) is 0.838. The highest BCUT2D eigenvalue weighted by Crippen LogP contribution is 2.14. The van der Waals surface area contributed by atoms with Crippen LogP contribution in [-0.2, 0) is 16.6 Å². The molecule has 0 aromatic heterocycles. The van der Waals surface area contributed by atoms with E-state index in [1.54, 1.807) is 25.1 Å². The molecule has 0 aliphatic heterocycles. The second kappa shape index (κ2) is 7.15. The molecule has 1 aromatic carbocycles. The Balaban J connectivity index is 2.74. The second-order valence-electron chi connectivity index (χ2n) is 5.27. The summed E-state index contributed by atoms with van der Waals surface area (Å²) in [6.07, 6.45) is 0. The van der Waals surface area contributed by atoms with Crippen molar-refractivity contribution in [1.29, 1.82) is 0 Å². The molecule has 1 rings (SSSR count). The Bertz CT molecular complexity index is 532. The monoisotopic (exact) mass is 302 g/mol. The highest BCUT2D eigenvalue weighted by atomic mass is 32.2. The third-order valence-corrected chi connectivity index (χ3v) is 5.29. The van der Waals surface area contributed by atoms with Crippen LogP contribution < -0.4 is 5.32 Å². The van der Waals surface area contributed by atoms with Gasteiger partial charge in [0.15, 0.2) is 0 Å². The first-order chi connectivity index (χ1) is 9.25. The summed E-state index contributed by atoms with van der Waals surface area (Å²) in [5.41, 5.74) is 0.377. The van der Waals surface area contributed by atoms with Crippen LogP contribution in [0.15, 0.2) is 24.3 Å². The van der Waals surface area contributed by atoms with Crippen molar-refractivity contribution in [3.05, 3.63) is 35.6 Å². The van der Waals surface area contributed by atoms with Gasteiger partial charge in [-0.05, 0) is 13.0 Å². The first-order valence-electron chi connectivity index (χ1n) is 6.67. The zero-order chi connectivity index (χ0) is 15.3. The maximum Gasteiger partial charge on any atom is 0.218 e. The summed E-state index contributed by atoms with van der Waals surface area (Å²) in [5.74, 6) is -0.387. The maximum absolute atomic E-state index is 13.6. The molecule has 114 valence electrons. The lowest BCUT2D eigenvalue weighted by molar-refractivity contribution is 0.442. The molecule has 0 saturated carbocycles. The summed E-state index contributed by atoms with van der Waals surface area (Å²) in [6.45, 7) is 6.00. The number of nitrogens with one attached hydrogen (secondary N) is 1. The van der Waals surface area contributed by atoms with Gasteiger partial charge >= 0.3 is 0 Å². The SMILES string of the molecule is CC(C)NCC(C)S(=O)(=O)N(C)Cc1ccccc1F. The minimum atomic E-state index is -3.45. The van der Waals surface area contributed by atoms with E-state index in [9.17, 15) is 12.8 Å². The molecule has 0 amide bonds. The number of benzene rings is 1. The summed E-state index contributed by atoms with van der Waals surface area (Å²) in [6, 6.07) is 6.44. The first kappa shape index (κ1) is 17.1. The molecular weight excluding hydrogens is 279 g/mol. The van der Waals surface area contributed by atoms with Crippen LogP contribution in [0, 0.1) is 5.82 Å². The van der Waals surface area contributed by atoms with E-state index in [2.05, 4.69) is 5.32 Å². The molecule has 0 bridgehead atoms. The second-order valence-corrected chi connectivity index (χ2v) is 7.72. The van der Waals surface area contributed by atoms with Crippen LogP contribution in [0.2, 0.25) is 0 Å². The maximum atomic E-state index is 13.6. The zero-order valence-electron chi connectivity index (χ0n) is 12.4. The molecule has 0 saturated heterocycles. The Labute approximate surface area is 121 Å². The van der Waals surface area contributed by atoms with Crippen LogP contribution in [0.1, 0.15) is 26.3 Å². The van der Waals surface area contributed by atoms with Gasteiger partial charge in [-0.1, -0.05) is 32.0 Å². The van der Waals surface area contributed by atoms with Crippen LogP contribution in [0.4, 0.5) is 4.39 Å². The summed E-state index contributed by atoms with van der Waals surface area (Å²) < 4.78 is 39.4. The van der Waals surface area contributed by atoms with Gasteiger partial charge in [0.2, 0.25) is 10.0 Å². The molecule has 1 N–H and O–H groups in total. The van der Waals surface area contributed by atoms with Gasteiger partial charge in [-0.25, -0.2) is 17.1 Å². The van der Waals surface area contributed by atoms with Gasteiger partial charge in [-0.2, -0.15) is 0 Å². The van der Waals surface area contributed by atoms with Crippen LogP contribution >= 0.6 is 0 Å². The Hall–Kier alpha value is -0.980. The van der Waals surface area contributed by atoms with Gasteiger partial charge in [-0.3, -0.25) is 0 Å². The Kier molecular flexibility index (Phi) is 6.10. The van der Waals surface area contributed by atoms with E-state index in [1.165, 1.54) is 17.4 Å². The van der Waals surface area contributed by atoms with Crippen molar-refractivity contribution in [2.24, 2.45) is 0 Å². The van der Waals surface area contributed by atoms with Gasteiger partial charge in [0, 0.05) is 31.7 Å². The molecule has 1 atom stereocenters. The number of nitrogens with zero attached hydrogens (tertiary/aromatic N) is 1. The summed E-state index contributed by atoms with van der Waals surface area (Å²) in [7, 11) is -1.97. The van der Waals surface area contributed by atoms with Gasteiger partial charge in [0.05, 0.1) is 5.25 Å². The van der Waals surface area contributed by atoms with E-state index in [0.29, 0.717) is 12.1 Å². The van der Waals surface area contributed by atoms with E-state index < -0.39 is 15.3 Å². The molecule has 0 fully saturated rings. The van der Waals surface area contributed by atoms with Crippen molar-refractivity contribution in [1.82, 2.24) is 9.62 Å². The van der Waals surface area contributed by atoms with Crippen molar-refractivity contribution >= 4 is 10.0 Å². The van der Waals surface area contributed by atoms with Crippen molar-refractivity contribution in [2.45, 2.75) is 38.6 Å². The highest BCUT2D eigenvalue weighted by Gasteiger charge is 2.26. The third-order valence-electron chi connectivity index (χ3n) is 3.11. The van der Waals surface area contributed by atoms with E-state index in [4.69, 9.17) is 0 Å². The fraction of sp³-hybridized carbons (Fsp3) is 0.571. The zero-order valence-corrected chi connectivity index (χ0v) is 13.2. The van der Waals surface area contributed by atoms with Gasteiger partial charge in [0.1, 0.15) is 5.82 Å². The number of rotatable bonds is 7. The predicted octanol–water partition coefficient (Wildman–Crippen LogP) is 1.97. The number of hydrogen-bond acceptors (Lipinski definition) is 3. The number of hydrogen-bond donors (Lipinski definition) is 1. The molecule has 4 nitrogen and oxygen atoms in total. The highest BCUT2D eigenvalue weighted by molar-refractivity contribution is 7.89. The van der Waals surface area contributed by atoms with E-state index in [0.717, 1.165) is 0 Å². The number of sulfonamides is 1. The van der Waals surface area contributed by atoms with E-state index >= 15 is 0 Å². The molecule has 20 heavy (non-hydrogen) atoms. The lowest BCUT2D eigenvalue weighted by atomic mass is 10.2. The molecule has 0 spiro atoms. The average molecular weight is 302 g/mol. The Morgan fingerprint density at radius 2 is 1.85 bits per heavy atom. The van der Waals surface area contributed by atoms with Crippen LogP contribution in [0.3, 0.4) is 0 Å². The molecule has 0 heterocycles. The fourth-order valence-electron chi connectivity index (χ4n) is 1.77. The largest absolute Gasteiger partial charge is 0.313 e. The van der Waals surface area contributed by atoms with Crippen molar-refractivity contribution < 1.29 is 12.8 Å². The summed E-state index contributed by atoms with van der Waals surface area (Å²) >= 11 is 0. The molecule has 1 aromatic rings. The molecule has 6 heteroatoms. The number of halogens is 1. The van der Waals surface area contributed by atoms with Crippen LogP contribution in [0.25, 0.3) is 0 Å². The molecule has 0 aliphatic rings. The van der Waals surface area contributed by atoms with Crippen molar-refractivity contribution in [2.75, 3.05) is 13.6 Å². The molecular formula is C14H23FN2O2S. The normalized spacial score (nSPS) is 13.9. The van der Waals surface area contributed by atoms with E-state index in [-0.39, 0.29) is 18.4 Å². The molecule has 0 radical (unpaired) electrons. The van der Waals surface area contributed by atoms with Gasteiger partial charge < -0.3 is 5.32 Å².